The molecular weight excluding hydrogens is 474 g/mol. The summed E-state index contributed by atoms with van der Waals surface area (Å²) in [5, 5.41) is 5.88. The lowest BCUT2D eigenvalue weighted by atomic mass is 9.67. The lowest BCUT2D eigenvalue weighted by molar-refractivity contribution is -0.120. The van der Waals surface area contributed by atoms with Crippen LogP contribution in [0.2, 0.25) is 0 Å². The van der Waals surface area contributed by atoms with Crippen LogP contribution in [0.25, 0.3) is 0 Å². The van der Waals surface area contributed by atoms with Crippen LogP contribution >= 0.6 is 0 Å². The van der Waals surface area contributed by atoms with E-state index in [0.717, 1.165) is 5.56 Å². The van der Waals surface area contributed by atoms with Gasteiger partial charge in [-0.15, -0.1) is 0 Å². The van der Waals surface area contributed by atoms with E-state index in [1.165, 1.54) is 28.1 Å². The Hall–Kier alpha value is -2.97. The second-order valence-corrected chi connectivity index (χ2v) is 12.9. The number of benzene rings is 2. The number of nitrogens with zero attached hydrogens (tertiary/aromatic N) is 1. The van der Waals surface area contributed by atoms with Crippen molar-refractivity contribution in [2.45, 2.75) is 52.0 Å². The van der Waals surface area contributed by atoms with Crippen molar-refractivity contribution in [1.29, 1.82) is 0 Å². The molecule has 0 aliphatic carbocycles. The van der Waals surface area contributed by atoms with Crippen LogP contribution in [0.1, 0.15) is 49.2 Å². The number of carbonyl (C=O) groups is 2. The van der Waals surface area contributed by atoms with Gasteiger partial charge in [-0.25, -0.2) is 8.42 Å². The predicted octanol–water partition coefficient (Wildman–Crippen LogP) is 3.70. The Bertz CT molecular complexity index is 1220. The molecule has 1 aliphatic rings. The van der Waals surface area contributed by atoms with E-state index in [1.54, 1.807) is 12.1 Å². The molecule has 3 rings (SSSR count). The number of hydrogen-bond donors (Lipinski definition) is 2. The molecule has 0 spiro atoms. The number of nitrogens with one attached hydrogen (secondary N) is 2. The fourth-order valence-corrected chi connectivity index (χ4v) is 6.97. The van der Waals surface area contributed by atoms with Gasteiger partial charge in [0.25, 0.3) is 5.91 Å². The van der Waals surface area contributed by atoms with Crippen molar-refractivity contribution >= 4 is 21.8 Å². The largest absolute Gasteiger partial charge is 0.352 e. The molecule has 2 N–H and O–H groups in total. The monoisotopic (exact) mass is 511 g/mol. The summed E-state index contributed by atoms with van der Waals surface area (Å²) in [6.45, 7) is 14.4. The van der Waals surface area contributed by atoms with Gasteiger partial charge in [-0.05, 0) is 60.1 Å². The van der Waals surface area contributed by atoms with E-state index in [2.05, 4.69) is 23.3 Å². The standard InChI is InChI=1S/C28H37N3O4S/c1-7-24(32)30-26-27(3,4)18-31(19-28(26,5)6)36(34,35)23-13-11-22(12-14-23)25(33)29-16-15-21-10-8-9-20(2)17-21/h7-14,17,26H,1,15-16,18-19H2,2-6H3,(H,29,33)(H,30,32). The van der Waals surface area contributed by atoms with Crippen molar-refractivity contribution in [2.24, 2.45) is 10.8 Å². The summed E-state index contributed by atoms with van der Waals surface area (Å²) >= 11 is 0. The lowest BCUT2D eigenvalue weighted by Crippen LogP contribution is -2.64. The van der Waals surface area contributed by atoms with Gasteiger partial charge in [-0.1, -0.05) is 64.1 Å². The molecule has 0 unspecified atom stereocenters. The molecule has 7 nitrogen and oxygen atoms in total. The molecule has 2 amide bonds. The van der Waals surface area contributed by atoms with Crippen molar-refractivity contribution in [3.05, 3.63) is 77.9 Å². The van der Waals surface area contributed by atoms with Crippen LogP contribution in [-0.2, 0) is 21.2 Å². The first kappa shape index (κ1) is 27.6. The highest BCUT2D eigenvalue weighted by Crippen LogP contribution is 2.42. The van der Waals surface area contributed by atoms with E-state index in [-0.39, 0.29) is 35.8 Å². The molecule has 0 radical (unpaired) electrons. The van der Waals surface area contributed by atoms with Gasteiger partial charge in [0.2, 0.25) is 15.9 Å². The fraction of sp³-hybridized carbons (Fsp3) is 0.429. The molecule has 0 atom stereocenters. The van der Waals surface area contributed by atoms with Crippen molar-refractivity contribution in [2.75, 3.05) is 19.6 Å². The van der Waals surface area contributed by atoms with Gasteiger partial charge < -0.3 is 10.6 Å². The second kappa shape index (κ2) is 10.6. The van der Waals surface area contributed by atoms with Crippen LogP contribution in [-0.4, -0.2) is 50.2 Å². The first-order chi connectivity index (χ1) is 16.8. The number of aryl methyl sites for hydroxylation is 1. The van der Waals surface area contributed by atoms with Gasteiger partial charge in [-0.2, -0.15) is 4.31 Å². The molecule has 1 saturated heterocycles. The van der Waals surface area contributed by atoms with Crippen LogP contribution in [0.4, 0.5) is 0 Å². The van der Waals surface area contributed by atoms with Crippen LogP contribution in [0.3, 0.4) is 0 Å². The lowest BCUT2D eigenvalue weighted by Gasteiger charge is -2.52. The van der Waals surface area contributed by atoms with Gasteiger partial charge in [0, 0.05) is 31.2 Å². The maximum Gasteiger partial charge on any atom is 0.251 e. The summed E-state index contributed by atoms with van der Waals surface area (Å²) in [5.74, 6) is -0.516. The van der Waals surface area contributed by atoms with E-state index >= 15 is 0 Å². The summed E-state index contributed by atoms with van der Waals surface area (Å²) in [4.78, 5) is 24.7. The SMILES string of the molecule is C=CC(=O)NC1C(C)(C)CN(S(=O)(=O)c2ccc(C(=O)NCCc3cccc(C)c3)cc2)CC1(C)C. The summed E-state index contributed by atoms with van der Waals surface area (Å²) in [5.41, 5.74) is 1.71. The van der Waals surface area contributed by atoms with Crippen molar-refractivity contribution in [3.63, 3.8) is 0 Å². The first-order valence-corrected chi connectivity index (χ1v) is 13.6. The molecule has 1 heterocycles. The Morgan fingerprint density at radius 2 is 1.67 bits per heavy atom. The van der Waals surface area contributed by atoms with Crippen LogP contribution in [0, 0.1) is 17.8 Å². The Morgan fingerprint density at radius 3 is 2.22 bits per heavy atom. The Morgan fingerprint density at radius 1 is 1.06 bits per heavy atom. The maximum absolute atomic E-state index is 13.5. The van der Waals surface area contributed by atoms with Gasteiger partial charge in [0.15, 0.2) is 0 Å². The molecule has 0 aromatic heterocycles. The Kier molecular flexibility index (Phi) is 8.10. The molecular formula is C28H37N3O4S. The number of amides is 2. The van der Waals surface area contributed by atoms with Gasteiger partial charge in [0.05, 0.1) is 4.90 Å². The topological polar surface area (TPSA) is 95.6 Å². The van der Waals surface area contributed by atoms with E-state index < -0.39 is 20.9 Å². The molecule has 1 fully saturated rings. The van der Waals surface area contributed by atoms with E-state index in [9.17, 15) is 18.0 Å². The zero-order chi connectivity index (χ0) is 26.7. The van der Waals surface area contributed by atoms with Crippen molar-refractivity contribution in [3.8, 4) is 0 Å². The van der Waals surface area contributed by atoms with Crippen LogP contribution < -0.4 is 10.6 Å². The van der Waals surface area contributed by atoms with E-state index in [4.69, 9.17) is 0 Å². The molecule has 1 aliphatic heterocycles. The fourth-order valence-electron chi connectivity index (χ4n) is 5.18. The van der Waals surface area contributed by atoms with Gasteiger partial charge in [-0.3, -0.25) is 9.59 Å². The number of sulfonamides is 1. The highest BCUT2D eigenvalue weighted by atomic mass is 32.2. The number of piperidine rings is 1. The summed E-state index contributed by atoms with van der Waals surface area (Å²) < 4.78 is 28.5. The normalized spacial score (nSPS) is 17.8. The molecule has 2 aromatic rings. The predicted molar refractivity (Wildman–Crippen MR) is 142 cm³/mol. The molecule has 36 heavy (non-hydrogen) atoms. The molecule has 8 heteroatoms. The Balaban J connectivity index is 1.69. The van der Waals surface area contributed by atoms with Crippen LogP contribution in [0.5, 0.6) is 0 Å². The maximum atomic E-state index is 13.5. The van der Waals surface area contributed by atoms with Crippen molar-refractivity contribution in [1.82, 2.24) is 14.9 Å². The minimum absolute atomic E-state index is 0.138. The summed E-state index contributed by atoms with van der Waals surface area (Å²) in [6.07, 6.45) is 1.95. The quantitative estimate of drug-likeness (QED) is 0.529. The summed E-state index contributed by atoms with van der Waals surface area (Å²) in [6, 6.07) is 14.0. The third-order valence-corrected chi connectivity index (χ3v) is 8.54. The highest BCUT2D eigenvalue weighted by molar-refractivity contribution is 7.89. The second-order valence-electron chi connectivity index (χ2n) is 10.9. The number of hydrogen-bond acceptors (Lipinski definition) is 4. The third-order valence-electron chi connectivity index (χ3n) is 6.74. The average Bonchev–Trinajstić information content (AvgIpc) is 2.80. The zero-order valence-electron chi connectivity index (χ0n) is 21.8. The molecule has 194 valence electrons. The average molecular weight is 512 g/mol. The Labute approximate surface area is 215 Å². The van der Waals surface area contributed by atoms with E-state index in [0.29, 0.717) is 18.5 Å². The smallest absolute Gasteiger partial charge is 0.251 e. The minimum atomic E-state index is -3.79. The van der Waals surface area contributed by atoms with Gasteiger partial charge >= 0.3 is 0 Å². The number of rotatable bonds is 8. The van der Waals surface area contributed by atoms with Crippen molar-refractivity contribution < 1.29 is 18.0 Å². The third kappa shape index (κ3) is 6.23. The number of carbonyl (C=O) groups excluding carboxylic acids is 2. The zero-order valence-corrected chi connectivity index (χ0v) is 22.6. The van der Waals surface area contributed by atoms with Crippen LogP contribution in [0.15, 0.2) is 66.1 Å². The summed E-state index contributed by atoms with van der Waals surface area (Å²) in [7, 11) is -3.79. The first-order valence-electron chi connectivity index (χ1n) is 12.1. The van der Waals surface area contributed by atoms with E-state index in [1.807, 2.05) is 52.8 Å². The van der Waals surface area contributed by atoms with Gasteiger partial charge in [0.1, 0.15) is 0 Å². The molecule has 0 saturated carbocycles. The molecule has 0 bridgehead atoms. The molecule has 2 aromatic carbocycles. The highest BCUT2D eigenvalue weighted by Gasteiger charge is 2.50. The minimum Gasteiger partial charge on any atom is -0.352 e.